The first kappa shape index (κ1) is 26.6. The van der Waals surface area contributed by atoms with Crippen molar-refractivity contribution in [2.24, 2.45) is 0 Å². The van der Waals surface area contributed by atoms with Crippen LogP contribution in [0.3, 0.4) is 0 Å². The fourth-order valence-corrected chi connectivity index (χ4v) is 6.57. The number of benzene rings is 4. The molecule has 4 aromatic carbocycles. The van der Waals surface area contributed by atoms with Gasteiger partial charge in [-0.3, -0.25) is 14.4 Å². The van der Waals surface area contributed by atoms with E-state index in [1.54, 1.807) is 48.5 Å². The SMILES string of the molecule is O=[N+]([O-])c1cc(S(=O)(=O)NCCCN(c2ccccc2)S(=O)(=O)c2ccc3ccccc3c2)ccc1Cl. The summed E-state index contributed by atoms with van der Waals surface area (Å²) in [6.07, 6.45) is 0.136. The van der Waals surface area contributed by atoms with Gasteiger partial charge in [0.15, 0.2) is 0 Å². The summed E-state index contributed by atoms with van der Waals surface area (Å²) in [5.41, 5.74) is -0.0897. The number of fused-ring (bicyclic) bond motifs is 1. The lowest BCUT2D eigenvalue weighted by Gasteiger charge is -2.25. The van der Waals surface area contributed by atoms with Crippen LogP contribution in [0.2, 0.25) is 5.02 Å². The van der Waals surface area contributed by atoms with Crippen LogP contribution in [0.5, 0.6) is 0 Å². The fraction of sp³-hybridized carbons (Fsp3) is 0.120. The van der Waals surface area contributed by atoms with E-state index in [4.69, 9.17) is 11.6 Å². The molecule has 1 N–H and O–H groups in total. The predicted octanol–water partition coefficient (Wildman–Crippen LogP) is 4.97. The van der Waals surface area contributed by atoms with Crippen LogP contribution in [-0.2, 0) is 20.0 Å². The molecular formula is C25H22ClN3O6S2. The highest BCUT2D eigenvalue weighted by molar-refractivity contribution is 7.92. The third-order valence-electron chi connectivity index (χ3n) is 5.61. The highest BCUT2D eigenvalue weighted by Gasteiger charge is 2.26. The molecule has 4 aromatic rings. The van der Waals surface area contributed by atoms with Crippen molar-refractivity contribution in [2.75, 3.05) is 17.4 Å². The molecule has 0 saturated heterocycles. The minimum Gasteiger partial charge on any atom is -0.266 e. The van der Waals surface area contributed by atoms with Crippen LogP contribution in [-0.4, -0.2) is 34.8 Å². The molecule has 0 saturated carbocycles. The average Bonchev–Trinajstić information content (AvgIpc) is 2.88. The van der Waals surface area contributed by atoms with Crippen molar-refractivity contribution < 1.29 is 21.8 Å². The smallest absolute Gasteiger partial charge is 0.266 e. The Kier molecular flexibility index (Phi) is 7.79. The van der Waals surface area contributed by atoms with Crippen LogP contribution >= 0.6 is 11.6 Å². The minimum atomic E-state index is -4.09. The molecule has 0 atom stereocenters. The summed E-state index contributed by atoms with van der Waals surface area (Å²) in [5, 5.41) is 12.6. The number of nitro benzene ring substituents is 1. The Morgan fingerprint density at radius 1 is 0.811 bits per heavy atom. The maximum atomic E-state index is 13.6. The van der Waals surface area contributed by atoms with Gasteiger partial charge in [0, 0.05) is 19.2 Å². The molecule has 0 amide bonds. The Morgan fingerprint density at radius 3 is 2.16 bits per heavy atom. The van der Waals surface area contributed by atoms with E-state index in [2.05, 4.69) is 4.72 Å². The van der Waals surface area contributed by atoms with Crippen molar-refractivity contribution in [2.45, 2.75) is 16.2 Å². The molecule has 0 radical (unpaired) electrons. The topological polar surface area (TPSA) is 127 Å². The van der Waals surface area contributed by atoms with Crippen molar-refractivity contribution in [1.82, 2.24) is 4.72 Å². The van der Waals surface area contributed by atoms with E-state index in [0.717, 1.165) is 29.0 Å². The van der Waals surface area contributed by atoms with Crippen LogP contribution in [0.4, 0.5) is 11.4 Å². The van der Waals surface area contributed by atoms with Crippen molar-refractivity contribution in [3.05, 3.63) is 106 Å². The number of sulfonamides is 2. The highest BCUT2D eigenvalue weighted by Crippen LogP contribution is 2.28. The number of nitrogens with one attached hydrogen (secondary N) is 1. The Balaban J connectivity index is 1.54. The van der Waals surface area contributed by atoms with E-state index < -0.39 is 30.7 Å². The second-order valence-corrected chi connectivity index (χ2v) is 12.1. The van der Waals surface area contributed by atoms with Gasteiger partial charge in [0.05, 0.1) is 20.4 Å². The average molecular weight is 560 g/mol. The lowest BCUT2D eigenvalue weighted by atomic mass is 10.1. The molecule has 0 aromatic heterocycles. The van der Waals surface area contributed by atoms with Gasteiger partial charge in [-0.15, -0.1) is 0 Å². The van der Waals surface area contributed by atoms with Crippen LogP contribution in [0.1, 0.15) is 6.42 Å². The van der Waals surface area contributed by atoms with Gasteiger partial charge in [0.2, 0.25) is 10.0 Å². The van der Waals surface area contributed by atoms with Crippen LogP contribution in [0.25, 0.3) is 10.8 Å². The zero-order chi connectivity index (χ0) is 26.6. The molecule has 37 heavy (non-hydrogen) atoms. The third kappa shape index (κ3) is 5.91. The summed E-state index contributed by atoms with van der Waals surface area (Å²) in [4.78, 5) is 10.1. The first-order valence-corrected chi connectivity index (χ1v) is 14.4. The zero-order valence-electron chi connectivity index (χ0n) is 19.3. The van der Waals surface area contributed by atoms with Crippen molar-refractivity contribution in [3.8, 4) is 0 Å². The van der Waals surface area contributed by atoms with Crippen molar-refractivity contribution >= 4 is 53.8 Å². The van der Waals surface area contributed by atoms with Crippen molar-refractivity contribution in [1.29, 1.82) is 0 Å². The first-order chi connectivity index (χ1) is 17.6. The van der Waals surface area contributed by atoms with Crippen LogP contribution in [0.15, 0.2) is 101 Å². The van der Waals surface area contributed by atoms with E-state index in [1.807, 2.05) is 24.3 Å². The quantitative estimate of drug-likeness (QED) is 0.166. The van der Waals surface area contributed by atoms with E-state index in [-0.39, 0.29) is 34.3 Å². The normalized spacial score (nSPS) is 11.9. The van der Waals surface area contributed by atoms with E-state index in [0.29, 0.717) is 5.69 Å². The molecule has 12 heteroatoms. The van der Waals surface area contributed by atoms with Crippen LogP contribution < -0.4 is 9.03 Å². The van der Waals surface area contributed by atoms with E-state index in [9.17, 15) is 26.9 Å². The molecule has 4 rings (SSSR count). The van der Waals surface area contributed by atoms with Gasteiger partial charge >= 0.3 is 0 Å². The predicted molar refractivity (Wildman–Crippen MR) is 143 cm³/mol. The number of para-hydroxylation sites is 1. The summed E-state index contributed by atoms with van der Waals surface area (Å²) >= 11 is 5.77. The zero-order valence-corrected chi connectivity index (χ0v) is 21.7. The van der Waals surface area contributed by atoms with Gasteiger partial charge in [0.25, 0.3) is 15.7 Å². The molecule has 0 fully saturated rings. The summed E-state index contributed by atoms with van der Waals surface area (Å²) in [7, 11) is -8.06. The third-order valence-corrected chi connectivity index (χ3v) is 9.21. The van der Waals surface area contributed by atoms with Gasteiger partial charge in [-0.1, -0.05) is 60.1 Å². The summed E-state index contributed by atoms with van der Waals surface area (Å²) in [6, 6.07) is 24.0. The second-order valence-electron chi connectivity index (χ2n) is 8.04. The van der Waals surface area contributed by atoms with Crippen molar-refractivity contribution in [3.63, 3.8) is 0 Å². The Labute approximate surface area is 219 Å². The van der Waals surface area contributed by atoms with Crippen LogP contribution in [0, 0.1) is 10.1 Å². The second kappa shape index (κ2) is 10.9. The standard InChI is InChI=1S/C25H22ClN3O6S2/c26-24-14-13-22(18-25(24)29(30)31)36(32,33)27-15-6-16-28(21-9-2-1-3-10-21)37(34,35)23-12-11-19-7-4-5-8-20(19)17-23/h1-5,7-14,17-18,27H,6,15-16H2. The number of nitro groups is 1. The number of hydrogen-bond donors (Lipinski definition) is 1. The number of hydrogen-bond acceptors (Lipinski definition) is 6. The van der Waals surface area contributed by atoms with Gasteiger partial charge < -0.3 is 0 Å². The van der Waals surface area contributed by atoms with Gasteiger partial charge in [-0.2, -0.15) is 0 Å². The monoisotopic (exact) mass is 559 g/mol. The summed E-state index contributed by atoms with van der Waals surface area (Å²) < 4.78 is 56.2. The lowest BCUT2D eigenvalue weighted by Crippen LogP contribution is -2.34. The molecule has 0 spiro atoms. The number of rotatable bonds is 10. The van der Waals surface area contributed by atoms with E-state index >= 15 is 0 Å². The van der Waals surface area contributed by atoms with Gasteiger partial charge in [-0.05, 0) is 53.6 Å². The summed E-state index contributed by atoms with van der Waals surface area (Å²) in [5.74, 6) is 0. The molecule has 0 aliphatic heterocycles. The first-order valence-electron chi connectivity index (χ1n) is 11.1. The summed E-state index contributed by atoms with van der Waals surface area (Å²) in [6.45, 7) is -0.113. The van der Waals surface area contributed by atoms with Gasteiger partial charge in [0.1, 0.15) is 5.02 Å². The molecule has 9 nitrogen and oxygen atoms in total. The lowest BCUT2D eigenvalue weighted by molar-refractivity contribution is -0.384. The Morgan fingerprint density at radius 2 is 1.46 bits per heavy atom. The number of nitrogens with zero attached hydrogens (tertiary/aromatic N) is 2. The maximum Gasteiger partial charge on any atom is 0.289 e. The van der Waals surface area contributed by atoms with E-state index in [1.165, 1.54) is 4.31 Å². The maximum absolute atomic E-state index is 13.6. The molecule has 0 unspecified atom stereocenters. The number of anilines is 1. The highest BCUT2D eigenvalue weighted by atomic mass is 35.5. The minimum absolute atomic E-state index is 0.0114. The Bertz CT molecular complexity index is 1660. The largest absolute Gasteiger partial charge is 0.289 e. The Hall–Kier alpha value is -3.51. The molecule has 192 valence electrons. The van der Waals surface area contributed by atoms with Gasteiger partial charge in [-0.25, -0.2) is 21.6 Å². The fourth-order valence-electron chi connectivity index (χ4n) is 3.75. The molecule has 0 aliphatic rings. The molecule has 0 aliphatic carbocycles. The molecule has 0 heterocycles. The molecule has 0 bridgehead atoms. The number of halogens is 1. The molecular weight excluding hydrogens is 538 g/mol.